The molecule has 1 heterocycles. The van der Waals surface area contributed by atoms with Gasteiger partial charge in [0.05, 0.1) is 16.4 Å². The van der Waals surface area contributed by atoms with Gasteiger partial charge in [-0.05, 0) is 45.1 Å². The number of fused-ring (bicyclic) bond motifs is 1. The first-order valence-electron chi connectivity index (χ1n) is 7.51. The third-order valence-corrected chi connectivity index (χ3v) is 4.58. The zero-order valence-corrected chi connectivity index (χ0v) is 15.4. The molecule has 1 aromatic carbocycles. The fourth-order valence-electron chi connectivity index (χ4n) is 2.77. The van der Waals surface area contributed by atoms with E-state index in [0.717, 1.165) is 41.0 Å². The summed E-state index contributed by atoms with van der Waals surface area (Å²) >= 11 is 9.91. The highest BCUT2D eigenvalue weighted by Crippen LogP contribution is 2.30. The fourth-order valence-corrected chi connectivity index (χ4v) is 3.27. The first-order chi connectivity index (χ1) is 9.97. The van der Waals surface area contributed by atoms with Gasteiger partial charge < -0.3 is 9.47 Å². The first-order valence-corrected chi connectivity index (χ1v) is 8.74. The van der Waals surface area contributed by atoms with Gasteiger partial charge in [-0.25, -0.2) is 4.98 Å². The molecule has 0 bridgehead atoms. The lowest BCUT2D eigenvalue weighted by molar-refractivity contribution is 0.261. The largest absolute Gasteiger partial charge is 0.323 e. The third kappa shape index (κ3) is 3.61. The molecule has 5 heteroatoms. The Hall–Kier alpha value is -0.580. The number of likely N-dealkylation sites (N-methyl/N-ethyl adjacent to an activating group) is 1. The predicted octanol–water partition coefficient (Wildman–Crippen LogP) is 5.00. The van der Waals surface area contributed by atoms with E-state index in [-0.39, 0.29) is 5.38 Å². The highest BCUT2D eigenvalue weighted by Gasteiger charge is 2.20. The zero-order valence-electron chi connectivity index (χ0n) is 13.1. The van der Waals surface area contributed by atoms with Gasteiger partial charge in [0, 0.05) is 17.1 Å². The number of hydrogen-bond donors (Lipinski definition) is 0. The molecule has 0 aliphatic carbocycles. The lowest BCUT2D eigenvalue weighted by Crippen LogP contribution is -2.30. The van der Waals surface area contributed by atoms with Crippen LogP contribution in [0.1, 0.15) is 44.9 Å². The van der Waals surface area contributed by atoms with Gasteiger partial charge in [0.2, 0.25) is 0 Å². The molecule has 21 heavy (non-hydrogen) atoms. The van der Waals surface area contributed by atoms with Gasteiger partial charge in [-0.1, -0.05) is 29.8 Å². The summed E-state index contributed by atoms with van der Waals surface area (Å²) in [4.78, 5) is 7.15. The second-order valence-electron chi connectivity index (χ2n) is 5.42. The van der Waals surface area contributed by atoms with E-state index in [1.165, 1.54) is 0 Å². The van der Waals surface area contributed by atoms with Crippen molar-refractivity contribution >= 4 is 38.6 Å². The van der Waals surface area contributed by atoms with Gasteiger partial charge in [0.25, 0.3) is 0 Å². The van der Waals surface area contributed by atoms with E-state index in [1.54, 1.807) is 0 Å². The molecule has 0 radical (unpaired) electrons. The van der Waals surface area contributed by atoms with Crippen LogP contribution in [0, 0.1) is 0 Å². The summed E-state index contributed by atoms with van der Waals surface area (Å²) in [6.45, 7) is 11.7. The molecular weight excluding hydrogens is 350 g/mol. The van der Waals surface area contributed by atoms with E-state index in [2.05, 4.69) is 52.2 Å². The maximum absolute atomic E-state index is 6.36. The molecule has 0 spiro atoms. The van der Waals surface area contributed by atoms with Crippen molar-refractivity contribution in [2.45, 2.75) is 39.1 Å². The maximum atomic E-state index is 6.36. The Morgan fingerprint density at radius 3 is 2.52 bits per heavy atom. The summed E-state index contributed by atoms with van der Waals surface area (Å²) < 4.78 is 3.36. The summed E-state index contributed by atoms with van der Waals surface area (Å²) in [6, 6.07) is 6.53. The molecule has 0 fully saturated rings. The predicted molar refractivity (Wildman–Crippen MR) is 94.2 cm³/mol. The van der Waals surface area contributed by atoms with Gasteiger partial charge in [-0.15, -0.1) is 11.6 Å². The Kier molecular flexibility index (Phi) is 5.69. The maximum Gasteiger partial charge on any atom is 0.128 e. The van der Waals surface area contributed by atoms with E-state index < -0.39 is 0 Å². The Balaban J connectivity index is 2.48. The lowest BCUT2D eigenvalue weighted by Gasteiger charge is -2.25. The number of aromatic nitrogens is 2. The van der Waals surface area contributed by atoms with Crippen molar-refractivity contribution in [1.29, 1.82) is 0 Å². The van der Waals surface area contributed by atoms with Crippen LogP contribution in [-0.2, 0) is 0 Å². The minimum absolute atomic E-state index is 0.102. The second kappa shape index (κ2) is 7.12. The Labute approximate surface area is 140 Å². The van der Waals surface area contributed by atoms with Crippen LogP contribution in [0.15, 0.2) is 22.7 Å². The van der Waals surface area contributed by atoms with Crippen LogP contribution in [0.2, 0.25) is 0 Å². The van der Waals surface area contributed by atoms with Crippen molar-refractivity contribution in [1.82, 2.24) is 14.5 Å². The van der Waals surface area contributed by atoms with Crippen LogP contribution < -0.4 is 0 Å². The molecule has 0 saturated heterocycles. The standard InChI is InChI=1S/C16H23BrClN3/c1-5-20(6-2)10-11(3)21-15-9-13(17)7-8-14(15)19-16(21)12(4)18/h7-9,11-12H,5-6,10H2,1-4H3. The molecule has 0 aliphatic rings. The Morgan fingerprint density at radius 1 is 1.29 bits per heavy atom. The van der Waals surface area contributed by atoms with E-state index in [9.17, 15) is 0 Å². The number of rotatable bonds is 6. The highest BCUT2D eigenvalue weighted by atomic mass is 79.9. The van der Waals surface area contributed by atoms with Crippen LogP contribution in [0.3, 0.4) is 0 Å². The highest BCUT2D eigenvalue weighted by molar-refractivity contribution is 9.10. The molecule has 1 aromatic heterocycles. The number of benzene rings is 1. The molecule has 0 saturated carbocycles. The number of alkyl halides is 1. The molecule has 0 aliphatic heterocycles. The van der Waals surface area contributed by atoms with Crippen LogP contribution in [0.4, 0.5) is 0 Å². The van der Waals surface area contributed by atoms with E-state index in [1.807, 2.05) is 19.1 Å². The normalized spacial score (nSPS) is 14.8. The van der Waals surface area contributed by atoms with Gasteiger partial charge in [-0.2, -0.15) is 0 Å². The van der Waals surface area contributed by atoms with Crippen LogP contribution >= 0.6 is 27.5 Å². The average molecular weight is 373 g/mol. The van der Waals surface area contributed by atoms with Crippen molar-refractivity contribution in [2.24, 2.45) is 0 Å². The summed E-state index contributed by atoms with van der Waals surface area (Å²) in [5.74, 6) is 0.949. The number of halogens is 2. The third-order valence-electron chi connectivity index (χ3n) is 3.89. The number of hydrogen-bond acceptors (Lipinski definition) is 2. The first kappa shape index (κ1) is 16.8. The van der Waals surface area contributed by atoms with Crippen molar-refractivity contribution in [3.8, 4) is 0 Å². The Bertz CT molecular complexity index is 605. The molecule has 0 N–H and O–H groups in total. The Morgan fingerprint density at radius 2 is 1.95 bits per heavy atom. The monoisotopic (exact) mass is 371 g/mol. The van der Waals surface area contributed by atoms with E-state index in [0.29, 0.717) is 6.04 Å². The fraction of sp³-hybridized carbons (Fsp3) is 0.562. The molecular formula is C16H23BrClN3. The smallest absolute Gasteiger partial charge is 0.128 e. The SMILES string of the molecule is CCN(CC)CC(C)n1c(C(C)Cl)nc2ccc(Br)cc21. The molecule has 116 valence electrons. The van der Waals surface area contributed by atoms with E-state index in [4.69, 9.17) is 16.6 Å². The minimum Gasteiger partial charge on any atom is -0.323 e. The van der Waals surface area contributed by atoms with E-state index >= 15 is 0 Å². The van der Waals surface area contributed by atoms with Crippen LogP contribution in [0.5, 0.6) is 0 Å². The number of nitrogens with zero attached hydrogens (tertiary/aromatic N) is 3. The van der Waals surface area contributed by atoms with Crippen LogP contribution in [0.25, 0.3) is 11.0 Å². The van der Waals surface area contributed by atoms with Crippen LogP contribution in [-0.4, -0.2) is 34.1 Å². The lowest BCUT2D eigenvalue weighted by atomic mass is 10.2. The molecule has 2 rings (SSSR count). The quantitative estimate of drug-likeness (QED) is 0.665. The summed E-state index contributed by atoms with van der Waals surface area (Å²) in [6.07, 6.45) is 0. The van der Waals surface area contributed by atoms with Gasteiger partial charge >= 0.3 is 0 Å². The summed E-state index contributed by atoms with van der Waals surface area (Å²) in [5, 5.41) is -0.102. The number of imidazole rings is 1. The van der Waals surface area contributed by atoms with Gasteiger partial charge in [0.1, 0.15) is 5.82 Å². The van der Waals surface area contributed by atoms with Gasteiger partial charge in [-0.3, -0.25) is 0 Å². The van der Waals surface area contributed by atoms with Crippen molar-refractivity contribution < 1.29 is 0 Å². The molecule has 2 aromatic rings. The molecule has 2 atom stereocenters. The van der Waals surface area contributed by atoms with Crippen molar-refractivity contribution in [2.75, 3.05) is 19.6 Å². The topological polar surface area (TPSA) is 21.1 Å². The minimum atomic E-state index is -0.102. The summed E-state index contributed by atoms with van der Waals surface area (Å²) in [5.41, 5.74) is 2.15. The molecule has 0 amide bonds. The second-order valence-corrected chi connectivity index (χ2v) is 6.99. The van der Waals surface area contributed by atoms with Crippen molar-refractivity contribution in [3.05, 3.63) is 28.5 Å². The molecule has 3 nitrogen and oxygen atoms in total. The zero-order chi connectivity index (χ0) is 15.6. The average Bonchev–Trinajstić information content (AvgIpc) is 2.83. The van der Waals surface area contributed by atoms with Crippen molar-refractivity contribution in [3.63, 3.8) is 0 Å². The molecule has 2 unspecified atom stereocenters. The van der Waals surface area contributed by atoms with Gasteiger partial charge in [0.15, 0.2) is 0 Å². The summed E-state index contributed by atoms with van der Waals surface area (Å²) in [7, 11) is 0.